The summed E-state index contributed by atoms with van der Waals surface area (Å²) >= 11 is 0. The Labute approximate surface area is 108 Å². The van der Waals surface area contributed by atoms with E-state index >= 15 is 0 Å². The fourth-order valence-corrected chi connectivity index (χ4v) is 2.04. The second kappa shape index (κ2) is 6.52. The molecular formula is C14H21NO3. The molecule has 18 heavy (non-hydrogen) atoms. The summed E-state index contributed by atoms with van der Waals surface area (Å²) in [5, 5.41) is 22.7. The molecule has 0 aliphatic carbocycles. The average Bonchev–Trinajstić information content (AvgIpc) is 2.27. The van der Waals surface area contributed by atoms with Crippen molar-refractivity contribution < 1.29 is 15.0 Å². The molecule has 1 amide bonds. The minimum atomic E-state index is -0.917. The maximum atomic E-state index is 10.7. The zero-order valence-electron chi connectivity index (χ0n) is 11.1. The Morgan fingerprint density at radius 1 is 1.28 bits per heavy atom. The first kappa shape index (κ1) is 14.7. The van der Waals surface area contributed by atoms with Crippen LogP contribution in [0.15, 0.2) is 18.2 Å². The van der Waals surface area contributed by atoms with Gasteiger partial charge in [0.2, 0.25) is 5.91 Å². The molecule has 0 saturated carbocycles. The molecule has 0 heterocycles. The third kappa shape index (κ3) is 3.82. The molecule has 1 aromatic rings. The fourth-order valence-electron chi connectivity index (χ4n) is 2.04. The topological polar surface area (TPSA) is 69.6 Å². The highest BCUT2D eigenvalue weighted by molar-refractivity contribution is 5.72. The van der Waals surface area contributed by atoms with Crippen LogP contribution in [-0.2, 0) is 4.79 Å². The Morgan fingerprint density at radius 3 is 2.33 bits per heavy atom. The lowest BCUT2D eigenvalue weighted by Crippen LogP contribution is -2.28. The van der Waals surface area contributed by atoms with Gasteiger partial charge in [-0.1, -0.05) is 18.2 Å². The molecule has 2 unspecified atom stereocenters. The monoisotopic (exact) mass is 251 g/mol. The highest BCUT2D eigenvalue weighted by atomic mass is 16.3. The SMILES string of the molecule is CC(=O)NCCC(O)C(O)c1c(C)cccc1C. The largest absolute Gasteiger partial charge is 0.390 e. The molecule has 0 radical (unpaired) electrons. The van der Waals surface area contributed by atoms with E-state index < -0.39 is 12.2 Å². The third-order valence-electron chi connectivity index (χ3n) is 3.02. The van der Waals surface area contributed by atoms with Gasteiger partial charge in [-0.25, -0.2) is 0 Å². The molecule has 0 saturated heterocycles. The summed E-state index contributed by atoms with van der Waals surface area (Å²) in [4.78, 5) is 10.7. The summed E-state index contributed by atoms with van der Waals surface area (Å²) in [6.07, 6.45) is -1.47. The van der Waals surface area contributed by atoms with E-state index in [4.69, 9.17) is 0 Å². The van der Waals surface area contributed by atoms with E-state index in [1.807, 2.05) is 32.0 Å². The van der Waals surface area contributed by atoms with Crippen molar-refractivity contribution in [2.45, 2.75) is 39.4 Å². The van der Waals surface area contributed by atoms with Crippen LogP contribution in [0.1, 0.15) is 36.1 Å². The smallest absolute Gasteiger partial charge is 0.216 e. The molecule has 100 valence electrons. The average molecular weight is 251 g/mol. The molecule has 0 fully saturated rings. The van der Waals surface area contributed by atoms with Gasteiger partial charge in [0, 0.05) is 13.5 Å². The lowest BCUT2D eigenvalue weighted by atomic mass is 9.94. The van der Waals surface area contributed by atoms with E-state index in [2.05, 4.69) is 5.32 Å². The van der Waals surface area contributed by atoms with Crippen molar-refractivity contribution in [2.24, 2.45) is 0 Å². The van der Waals surface area contributed by atoms with Crippen LogP contribution in [0.3, 0.4) is 0 Å². The van der Waals surface area contributed by atoms with Gasteiger partial charge in [-0.05, 0) is 37.0 Å². The third-order valence-corrected chi connectivity index (χ3v) is 3.02. The Kier molecular flexibility index (Phi) is 5.31. The van der Waals surface area contributed by atoms with Gasteiger partial charge in [0.05, 0.1) is 6.10 Å². The first-order valence-corrected chi connectivity index (χ1v) is 6.10. The van der Waals surface area contributed by atoms with Crippen LogP contribution in [0.2, 0.25) is 0 Å². The lowest BCUT2D eigenvalue weighted by Gasteiger charge is -2.21. The lowest BCUT2D eigenvalue weighted by molar-refractivity contribution is -0.119. The molecule has 0 aliphatic rings. The number of aryl methyl sites for hydroxylation is 2. The molecule has 0 aromatic heterocycles. The molecule has 1 rings (SSSR count). The molecular weight excluding hydrogens is 230 g/mol. The van der Waals surface area contributed by atoms with Gasteiger partial charge >= 0.3 is 0 Å². The number of hydrogen-bond donors (Lipinski definition) is 3. The predicted octanol–water partition coefficient (Wildman–Crippen LogP) is 1.22. The van der Waals surface area contributed by atoms with Crippen LogP contribution in [0, 0.1) is 13.8 Å². The van der Waals surface area contributed by atoms with Crippen LogP contribution in [-0.4, -0.2) is 28.8 Å². The Bertz CT molecular complexity index is 397. The Morgan fingerprint density at radius 2 is 1.83 bits per heavy atom. The number of carbonyl (C=O) groups is 1. The van der Waals surface area contributed by atoms with Gasteiger partial charge in [-0.15, -0.1) is 0 Å². The second-order valence-corrected chi connectivity index (χ2v) is 4.59. The van der Waals surface area contributed by atoms with E-state index in [1.165, 1.54) is 6.92 Å². The summed E-state index contributed by atoms with van der Waals surface area (Å²) < 4.78 is 0. The van der Waals surface area contributed by atoms with E-state index in [9.17, 15) is 15.0 Å². The molecule has 4 nitrogen and oxygen atoms in total. The van der Waals surface area contributed by atoms with E-state index in [1.54, 1.807) is 0 Å². The molecule has 0 aliphatic heterocycles. The van der Waals surface area contributed by atoms with Crippen molar-refractivity contribution in [2.75, 3.05) is 6.54 Å². The first-order valence-electron chi connectivity index (χ1n) is 6.10. The van der Waals surface area contributed by atoms with Crippen LogP contribution < -0.4 is 5.32 Å². The Balaban J connectivity index is 2.68. The van der Waals surface area contributed by atoms with Crippen molar-refractivity contribution in [3.05, 3.63) is 34.9 Å². The summed E-state index contributed by atoms with van der Waals surface area (Å²) in [6.45, 7) is 5.60. The summed E-state index contributed by atoms with van der Waals surface area (Å²) in [7, 11) is 0. The summed E-state index contributed by atoms with van der Waals surface area (Å²) in [5.41, 5.74) is 2.69. The number of aliphatic hydroxyl groups is 2. The number of hydrogen-bond acceptors (Lipinski definition) is 3. The second-order valence-electron chi connectivity index (χ2n) is 4.59. The number of amides is 1. The maximum absolute atomic E-state index is 10.7. The normalized spacial score (nSPS) is 14.1. The van der Waals surface area contributed by atoms with Crippen molar-refractivity contribution >= 4 is 5.91 Å². The summed E-state index contributed by atoms with van der Waals surface area (Å²) in [6, 6.07) is 5.74. The van der Waals surface area contributed by atoms with Gasteiger partial charge in [-0.3, -0.25) is 4.79 Å². The van der Waals surface area contributed by atoms with Gasteiger partial charge in [0.15, 0.2) is 0 Å². The highest BCUT2D eigenvalue weighted by Gasteiger charge is 2.21. The van der Waals surface area contributed by atoms with Crippen molar-refractivity contribution in [3.63, 3.8) is 0 Å². The van der Waals surface area contributed by atoms with Gasteiger partial charge < -0.3 is 15.5 Å². The predicted molar refractivity (Wildman–Crippen MR) is 70.2 cm³/mol. The summed E-state index contributed by atoms with van der Waals surface area (Å²) in [5.74, 6) is -0.135. The number of rotatable bonds is 5. The van der Waals surface area contributed by atoms with Crippen LogP contribution in [0.4, 0.5) is 0 Å². The number of aliphatic hydroxyl groups excluding tert-OH is 2. The van der Waals surface area contributed by atoms with Gasteiger partial charge in [0.25, 0.3) is 0 Å². The van der Waals surface area contributed by atoms with Crippen LogP contribution >= 0.6 is 0 Å². The molecule has 0 spiro atoms. The number of nitrogens with one attached hydrogen (secondary N) is 1. The van der Waals surface area contributed by atoms with Crippen molar-refractivity contribution in [3.8, 4) is 0 Å². The zero-order chi connectivity index (χ0) is 13.7. The zero-order valence-corrected chi connectivity index (χ0v) is 11.1. The number of carbonyl (C=O) groups excluding carboxylic acids is 1. The number of benzene rings is 1. The van der Waals surface area contributed by atoms with Gasteiger partial charge in [-0.2, -0.15) is 0 Å². The standard InChI is InChI=1S/C14H21NO3/c1-9-5-4-6-10(2)13(9)14(18)12(17)7-8-15-11(3)16/h4-6,12,14,17-18H,7-8H2,1-3H3,(H,15,16). The minimum Gasteiger partial charge on any atom is -0.390 e. The van der Waals surface area contributed by atoms with E-state index in [0.717, 1.165) is 16.7 Å². The highest BCUT2D eigenvalue weighted by Crippen LogP contribution is 2.25. The molecule has 3 N–H and O–H groups in total. The van der Waals surface area contributed by atoms with Crippen molar-refractivity contribution in [1.29, 1.82) is 0 Å². The maximum Gasteiger partial charge on any atom is 0.216 e. The first-order chi connectivity index (χ1) is 8.43. The molecule has 1 aromatic carbocycles. The van der Waals surface area contributed by atoms with Gasteiger partial charge in [0.1, 0.15) is 6.10 Å². The Hall–Kier alpha value is -1.39. The quantitative estimate of drug-likeness (QED) is 0.737. The van der Waals surface area contributed by atoms with E-state index in [-0.39, 0.29) is 5.91 Å². The van der Waals surface area contributed by atoms with Crippen molar-refractivity contribution in [1.82, 2.24) is 5.32 Å². The van der Waals surface area contributed by atoms with Crippen LogP contribution in [0.25, 0.3) is 0 Å². The van der Waals surface area contributed by atoms with E-state index in [0.29, 0.717) is 13.0 Å². The van der Waals surface area contributed by atoms with Crippen LogP contribution in [0.5, 0.6) is 0 Å². The molecule has 2 atom stereocenters. The fraction of sp³-hybridized carbons (Fsp3) is 0.500. The molecule has 4 heteroatoms. The molecule has 0 bridgehead atoms. The minimum absolute atomic E-state index is 0.135.